The van der Waals surface area contributed by atoms with E-state index in [0.717, 1.165) is 23.6 Å². The smallest absolute Gasteiger partial charge is 0.120 e. The highest BCUT2D eigenvalue weighted by Gasteiger charge is 2.17. The predicted molar refractivity (Wildman–Crippen MR) is 62.8 cm³/mol. The van der Waals surface area contributed by atoms with Gasteiger partial charge in [0.1, 0.15) is 5.75 Å². The summed E-state index contributed by atoms with van der Waals surface area (Å²) in [5.74, 6) is 1.89. The van der Waals surface area contributed by atoms with Crippen molar-refractivity contribution in [2.75, 3.05) is 24.8 Å². The number of thioether (sulfide) groups is 1. The minimum absolute atomic E-state index is 0.240. The van der Waals surface area contributed by atoms with Gasteiger partial charge < -0.3 is 15.2 Å². The Labute approximate surface area is 93.8 Å². The van der Waals surface area contributed by atoms with E-state index in [0.29, 0.717) is 6.04 Å². The number of rotatable bonds is 3. The van der Waals surface area contributed by atoms with E-state index in [1.165, 1.54) is 4.90 Å². The lowest BCUT2D eigenvalue weighted by molar-refractivity contribution is 0.282. The Morgan fingerprint density at radius 3 is 3.20 bits per heavy atom. The van der Waals surface area contributed by atoms with E-state index in [-0.39, 0.29) is 6.61 Å². The van der Waals surface area contributed by atoms with Crippen LogP contribution in [0.2, 0.25) is 0 Å². The molecule has 0 aliphatic carbocycles. The van der Waals surface area contributed by atoms with Crippen LogP contribution >= 0.6 is 11.8 Å². The van der Waals surface area contributed by atoms with Crippen LogP contribution in [0.5, 0.6) is 5.75 Å². The van der Waals surface area contributed by atoms with Gasteiger partial charge in [0.2, 0.25) is 0 Å². The minimum atomic E-state index is 0.240. The number of ether oxygens (including phenoxy) is 1. The van der Waals surface area contributed by atoms with Gasteiger partial charge in [-0.2, -0.15) is 0 Å². The monoisotopic (exact) mass is 225 g/mol. The molecule has 0 amide bonds. The highest BCUT2D eigenvalue weighted by atomic mass is 32.2. The second kappa shape index (κ2) is 4.77. The second-order valence-corrected chi connectivity index (χ2v) is 4.59. The lowest BCUT2D eigenvalue weighted by Crippen LogP contribution is -2.26. The van der Waals surface area contributed by atoms with Gasteiger partial charge in [0.15, 0.2) is 0 Å². The largest absolute Gasteiger partial charge is 0.497 e. The number of methoxy groups -OCH3 is 1. The number of nitrogens with one attached hydrogen (secondary N) is 1. The van der Waals surface area contributed by atoms with Crippen molar-refractivity contribution >= 4 is 17.4 Å². The summed E-state index contributed by atoms with van der Waals surface area (Å²) in [6.45, 7) is 0.240. The molecule has 1 unspecified atom stereocenters. The van der Waals surface area contributed by atoms with Crippen LogP contribution in [0.3, 0.4) is 0 Å². The van der Waals surface area contributed by atoms with Gasteiger partial charge in [-0.15, -0.1) is 11.8 Å². The molecule has 1 aromatic carbocycles. The third-order valence-corrected chi connectivity index (χ3v) is 3.68. The van der Waals surface area contributed by atoms with Gasteiger partial charge in [-0.25, -0.2) is 0 Å². The minimum Gasteiger partial charge on any atom is -0.497 e. The van der Waals surface area contributed by atoms with E-state index < -0.39 is 0 Å². The maximum absolute atomic E-state index is 8.88. The predicted octanol–water partition coefficient (Wildman–Crippen LogP) is 1.96. The molecule has 0 radical (unpaired) electrons. The van der Waals surface area contributed by atoms with Crippen molar-refractivity contribution in [3.63, 3.8) is 0 Å². The summed E-state index contributed by atoms with van der Waals surface area (Å²) in [5.41, 5.74) is 1.14. The molecule has 0 spiro atoms. The fraction of sp³-hybridized carbons (Fsp3) is 0.455. The lowest BCUT2D eigenvalue weighted by Gasteiger charge is -2.26. The average Bonchev–Trinajstić information content (AvgIpc) is 2.29. The van der Waals surface area contributed by atoms with E-state index in [1.807, 2.05) is 30.0 Å². The third-order valence-electron chi connectivity index (χ3n) is 2.47. The van der Waals surface area contributed by atoms with Crippen molar-refractivity contribution in [2.24, 2.45) is 0 Å². The van der Waals surface area contributed by atoms with E-state index in [1.54, 1.807) is 7.11 Å². The molecule has 15 heavy (non-hydrogen) atoms. The summed E-state index contributed by atoms with van der Waals surface area (Å²) >= 11 is 1.81. The molecule has 2 rings (SSSR count). The molecule has 4 heteroatoms. The number of hydrogen-bond donors (Lipinski definition) is 2. The van der Waals surface area contributed by atoms with Crippen molar-refractivity contribution in [1.82, 2.24) is 0 Å². The first-order valence-corrected chi connectivity index (χ1v) is 6.00. The Hall–Kier alpha value is -0.870. The Balaban J connectivity index is 2.13. The second-order valence-electron chi connectivity index (χ2n) is 3.53. The molecule has 1 heterocycles. The van der Waals surface area contributed by atoms with Gasteiger partial charge in [0.05, 0.1) is 7.11 Å². The number of anilines is 1. The summed E-state index contributed by atoms with van der Waals surface area (Å²) < 4.78 is 5.17. The Morgan fingerprint density at radius 2 is 2.47 bits per heavy atom. The van der Waals surface area contributed by atoms with Gasteiger partial charge in [-0.1, -0.05) is 0 Å². The molecule has 0 aromatic heterocycles. The highest BCUT2D eigenvalue weighted by molar-refractivity contribution is 7.99. The van der Waals surface area contributed by atoms with Crippen molar-refractivity contribution < 1.29 is 9.84 Å². The molecule has 2 N–H and O–H groups in total. The van der Waals surface area contributed by atoms with Crippen LogP contribution in [0.4, 0.5) is 5.69 Å². The number of aliphatic hydroxyl groups excluding tert-OH is 1. The summed E-state index contributed by atoms with van der Waals surface area (Å²) in [6, 6.07) is 6.40. The molecule has 82 valence electrons. The van der Waals surface area contributed by atoms with Crippen LogP contribution < -0.4 is 10.1 Å². The van der Waals surface area contributed by atoms with Gasteiger partial charge in [0.25, 0.3) is 0 Å². The van der Waals surface area contributed by atoms with Crippen LogP contribution in [0.1, 0.15) is 6.42 Å². The zero-order valence-corrected chi connectivity index (χ0v) is 9.51. The fourth-order valence-electron chi connectivity index (χ4n) is 1.63. The van der Waals surface area contributed by atoms with E-state index in [9.17, 15) is 0 Å². The third kappa shape index (κ3) is 2.38. The van der Waals surface area contributed by atoms with Crippen molar-refractivity contribution in [3.8, 4) is 5.75 Å². The Bertz CT molecular complexity index is 343. The molecular weight excluding hydrogens is 210 g/mol. The first-order valence-electron chi connectivity index (χ1n) is 5.01. The lowest BCUT2D eigenvalue weighted by atomic mass is 10.2. The van der Waals surface area contributed by atoms with Gasteiger partial charge >= 0.3 is 0 Å². The summed E-state index contributed by atoms with van der Waals surface area (Å²) in [5, 5.41) is 12.3. The molecule has 0 bridgehead atoms. The number of hydrogen-bond acceptors (Lipinski definition) is 4. The molecule has 1 aliphatic rings. The number of benzene rings is 1. The molecule has 0 saturated heterocycles. The highest BCUT2D eigenvalue weighted by Crippen LogP contribution is 2.36. The van der Waals surface area contributed by atoms with Gasteiger partial charge in [0, 0.05) is 29.0 Å². The maximum Gasteiger partial charge on any atom is 0.120 e. The number of aliphatic hydroxyl groups is 1. The van der Waals surface area contributed by atoms with Gasteiger partial charge in [-0.3, -0.25) is 0 Å². The molecule has 1 atom stereocenters. The molecule has 0 saturated carbocycles. The molecule has 0 fully saturated rings. The zero-order valence-electron chi connectivity index (χ0n) is 8.69. The van der Waals surface area contributed by atoms with E-state index in [4.69, 9.17) is 9.84 Å². The standard InChI is InChI=1S/C11H15NO2S/c1-14-9-2-3-10-11(6-9)15-7-8(12-10)4-5-13/h2-3,6,8,12-13H,4-5,7H2,1H3. The van der Waals surface area contributed by atoms with Crippen molar-refractivity contribution in [2.45, 2.75) is 17.4 Å². The van der Waals surface area contributed by atoms with E-state index >= 15 is 0 Å². The van der Waals surface area contributed by atoms with Crippen LogP contribution in [-0.4, -0.2) is 30.6 Å². The summed E-state index contributed by atoms with van der Waals surface area (Å²) in [4.78, 5) is 1.23. The average molecular weight is 225 g/mol. The summed E-state index contributed by atoms with van der Waals surface area (Å²) in [7, 11) is 1.68. The van der Waals surface area contributed by atoms with Gasteiger partial charge in [-0.05, 0) is 24.6 Å². The maximum atomic E-state index is 8.88. The molecule has 1 aliphatic heterocycles. The fourth-order valence-corrected chi connectivity index (χ4v) is 2.74. The quantitative estimate of drug-likeness (QED) is 0.825. The molecule has 3 nitrogen and oxygen atoms in total. The van der Waals surface area contributed by atoms with Crippen LogP contribution in [0.15, 0.2) is 23.1 Å². The first kappa shape index (κ1) is 10.6. The topological polar surface area (TPSA) is 41.5 Å². The molecular formula is C11H15NO2S. The van der Waals surface area contributed by atoms with Crippen molar-refractivity contribution in [3.05, 3.63) is 18.2 Å². The Morgan fingerprint density at radius 1 is 1.60 bits per heavy atom. The zero-order chi connectivity index (χ0) is 10.7. The van der Waals surface area contributed by atoms with Crippen LogP contribution in [0.25, 0.3) is 0 Å². The normalized spacial score (nSPS) is 19.2. The summed E-state index contributed by atoms with van der Waals surface area (Å²) in [6.07, 6.45) is 0.804. The molecule has 1 aromatic rings. The van der Waals surface area contributed by atoms with Crippen molar-refractivity contribution in [1.29, 1.82) is 0 Å². The Kier molecular flexibility index (Phi) is 3.38. The van der Waals surface area contributed by atoms with Crippen LogP contribution in [0, 0.1) is 0 Å². The number of fused-ring (bicyclic) bond motifs is 1. The SMILES string of the molecule is COc1ccc2c(c1)SCC(CCO)N2. The first-order chi connectivity index (χ1) is 7.33. The van der Waals surface area contributed by atoms with Crippen LogP contribution in [-0.2, 0) is 0 Å². The van der Waals surface area contributed by atoms with E-state index in [2.05, 4.69) is 5.32 Å².